The van der Waals surface area contributed by atoms with Gasteiger partial charge >= 0.3 is 0 Å². The Balaban J connectivity index is 2.12. The minimum absolute atomic E-state index is 0.0297. The molecule has 0 aliphatic rings. The van der Waals surface area contributed by atoms with Crippen molar-refractivity contribution >= 4 is 38.9 Å². The summed E-state index contributed by atoms with van der Waals surface area (Å²) in [6.07, 6.45) is 0.761. The van der Waals surface area contributed by atoms with Gasteiger partial charge in [-0.25, -0.2) is 0 Å². The van der Waals surface area contributed by atoms with Gasteiger partial charge in [0.15, 0.2) is 0 Å². The van der Waals surface area contributed by atoms with E-state index < -0.39 is 4.92 Å². The first kappa shape index (κ1) is 15.8. The van der Waals surface area contributed by atoms with Crippen LogP contribution in [0.3, 0.4) is 0 Å². The van der Waals surface area contributed by atoms with Crippen LogP contribution in [0, 0.1) is 10.1 Å². The molecule has 0 spiro atoms. The molecule has 110 valence electrons. The van der Waals surface area contributed by atoms with Crippen LogP contribution in [-0.2, 0) is 6.42 Å². The number of benzene rings is 2. The van der Waals surface area contributed by atoms with E-state index in [2.05, 4.69) is 21.2 Å². The Morgan fingerprint density at radius 1 is 1.29 bits per heavy atom. The molecule has 2 rings (SSSR count). The van der Waals surface area contributed by atoms with Crippen molar-refractivity contribution < 1.29 is 4.92 Å². The second-order valence-electron chi connectivity index (χ2n) is 4.79. The van der Waals surface area contributed by atoms with Crippen molar-refractivity contribution in [2.75, 3.05) is 5.32 Å². The Morgan fingerprint density at radius 3 is 2.57 bits per heavy atom. The second kappa shape index (κ2) is 6.91. The minimum atomic E-state index is -0.412. The van der Waals surface area contributed by atoms with Crippen LogP contribution in [0.15, 0.2) is 46.9 Å². The van der Waals surface area contributed by atoms with E-state index in [0.29, 0.717) is 10.7 Å². The van der Waals surface area contributed by atoms with Gasteiger partial charge in [-0.15, -0.1) is 0 Å². The molecule has 2 aromatic rings. The van der Waals surface area contributed by atoms with Crippen LogP contribution in [0.25, 0.3) is 0 Å². The van der Waals surface area contributed by atoms with Crippen LogP contribution >= 0.6 is 27.5 Å². The Hall–Kier alpha value is -1.59. The van der Waals surface area contributed by atoms with Gasteiger partial charge in [-0.2, -0.15) is 0 Å². The van der Waals surface area contributed by atoms with E-state index in [9.17, 15) is 10.1 Å². The van der Waals surface area contributed by atoms with Gasteiger partial charge in [-0.05, 0) is 43.2 Å². The SMILES string of the molecule is CC(Cc1ccc(Br)cc1)Nc1cc(Cl)ccc1[N+](=O)[O-]. The third-order valence-electron chi connectivity index (χ3n) is 3.01. The molecule has 1 atom stereocenters. The van der Waals surface area contributed by atoms with Gasteiger partial charge < -0.3 is 5.32 Å². The summed E-state index contributed by atoms with van der Waals surface area (Å²) in [4.78, 5) is 10.6. The van der Waals surface area contributed by atoms with Crippen molar-refractivity contribution in [3.05, 3.63) is 67.6 Å². The van der Waals surface area contributed by atoms with Crippen LogP contribution in [-0.4, -0.2) is 11.0 Å². The summed E-state index contributed by atoms with van der Waals surface area (Å²) in [6.45, 7) is 1.98. The molecule has 0 saturated heterocycles. The maximum Gasteiger partial charge on any atom is 0.292 e. The molecule has 4 nitrogen and oxygen atoms in total. The summed E-state index contributed by atoms with van der Waals surface area (Å²) < 4.78 is 1.03. The topological polar surface area (TPSA) is 55.2 Å². The summed E-state index contributed by atoms with van der Waals surface area (Å²) >= 11 is 9.31. The van der Waals surface area contributed by atoms with Crippen LogP contribution < -0.4 is 5.32 Å². The number of nitro groups is 1. The van der Waals surface area contributed by atoms with Gasteiger partial charge in [0.1, 0.15) is 5.69 Å². The highest BCUT2D eigenvalue weighted by atomic mass is 79.9. The largest absolute Gasteiger partial charge is 0.377 e. The maximum absolute atomic E-state index is 11.0. The Labute approximate surface area is 136 Å². The van der Waals surface area contributed by atoms with E-state index >= 15 is 0 Å². The molecule has 0 radical (unpaired) electrons. The van der Waals surface area contributed by atoms with Crippen molar-refractivity contribution in [2.45, 2.75) is 19.4 Å². The molecule has 1 N–H and O–H groups in total. The number of anilines is 1. The van der Waals surface area contributed by atoms with Crippen molar-refractivity contribution in [3.8, 4) is 0 Å². The molecule has 0 aliphatic carbocycles. The van der Waals surface area contributed by atoms with E-state index in [1.54, 1.807) is 6.07 Å². The second-order valence-corrected chi connectivity index (χ2v) is 6.15. The molecule has 1 unspecified atom stereocenters. The average molecular weight is 370 g/mol. The van der Waals surface area contributed by atoms with Gasteiger partial charge in [-0.1, -0.05) is 39.7 Å². The summed E-state index contributed by atoms with van der Waals surface area (Å²) in [5.41, 5.74) is 1.63. The zero-order valence-electron chi connectivity index (χ0n) is 11.3. The maximum atomic E-state index is 11.0. The number of hydrogen-bond donors (Lipinski definition) is 1. The van der Waals surface area contributed by atoms with E-state index in [-0.39, 0.29) is 11.7 Å². The van der Waals surface area contributed by atoms with Gasteiger partial charge in [0.25, 0.3) is 5.69 Å². The smallest absolute Gasteiger partial charge is 0.292 e. The zero-order chi connectivity index (χ0) is 15.4. The van der Waals surface area contributed by atoms with Crippen LogP contribution in [0.2, 0.25) is 5.02 Å². The molecule has 0 amide bonds. The predicted octanol–water partition coefficient (Wildman–Crippen LogP) is 5.05. The first-order valence-electron chi connectivity index (χ1n) is 6.40. The molecular weight excluding hydrogens is 356 g/mol. The molecule has 21 heavy (non-hydrogen) atoms. The third kappa shape index (κ3) is 4.44. The molecule has 0 fully saturated rings. The normalized spacial score (nSPS) is 12.0. The lowest BCUT2D eigenvalue weighted by Crippen LogP contribution is -2.18. The average Bonchev–Trinajstić information content (AvgIpc) is 2.41. The fourth-order valence-electron chi connectivity index (χ4n) is 2.07. The lowest BCUT2D eigenvalue weighted by Gasteiger charge is -2.15. The number of halogens is 2. The molecule has 2 aromatic carbocycles. The van der Waals surface area contributed by atoms with Crippen molar-refractivity contribution in [1.29, 1.82) is 0 Å². The molecule has 0 aromatic heterocycles. The van der Waals surface area contributed by atoms with Gasteiger partial charge in [0.2, 0.25) is 0 Å². The van der Waals surface area contributed by atoms with Gasteiger partial charge in [0.05, 0.1) is 4.92 Å². The summed E-state index contributed by atoms with van der Waals surface area (Å²) in [5, 5.41) is 14.7. The first-order chi connectivity index (χ1) is 9.95. The van der Waals surface area contributed by atoms with E-state index in [1.807, 2.05) is 31.2 Å². The Morgan fingerprint density at radius 2 is 1.95 bits per heavy atom. The molecule has 0 bridgehead atoms. The summed E-state index contributed by atoms with van der Waals surface area (Å²) in [5.74, 6) is 0. The van der Waals surface area contributed by atoms with Crippen molar-refractivity contribution in [1.82, 2.24) is 0 Å². The summed E-state index contributed by atoms with van der Waals surface area (Å²) in [7, 11) is 0. The van der Waals surface area contributed by atoms with Crippen LogP contribution in [0.1, 0.15) is 12.5 Å². The van der Waals surface area contributed by atoms with E-state index in [0.717, 1.165) is 16.5 Å². The lowest BCUT2D eigenvalue weighted by molar-refractivity contribution is -0.384. The van der Waals surface area contributed by atoms with Gasteiger partial charge in [-0.3, -0.25) is 10.1 Å². The number of nitro benzene ring substituents is 1. The monoisotopic (exact) mass is 368 g/mol. The zero-order valence-corrected chi connectivity index (χ0v) is 13.7. The number of rotatable bonds is 5. The third-order valence-corrected chi connectivity index (χ3v) is 3.78. The molecule has 6 heteroatoms. The molecule has 0 aliphatic heterocycles. The molecular formula is C15H14BrClN2O2. The van der Waals surface area contributed by atoms with Crippen LogP contribution in [0.5, 0.6) is 0 Å². The Kier molecular flexibility index (Phi) is 5.20. The predicted molar refractivity (Wildman–Crippen MR) is 89.0 cm³/mol. The molecule has 0 saturated carbocycles. The highest BCUT2D eigenvalue weighted by Crippen LogP contribution is 2.28. The Bertz CT molecular complexity index is 647. The number of hydrogen-bond acceptors (Lipinski definition) is 3. The summed E-state index contributed by atoms with van der Waals surface area (Å²) in [6, 6.07) is 12.6. The molecule has 0 heterocycles. The van der Waals surface area contributed by atoms with Crippen molar-refractivity contribution in [2.24, 2.45) is 0 Å². The quantitative estimate of drug-likeness (QED) is 0.592. The first-order valence-corrected chi connectivity index (χ1v) is 7.57. The number of nitrogens with one attached hydrogen (secondary N) is 1. The standard InChI is InChI=1S/C15H14BrClN2O2/c1-10(8-11-2-4-12(16)5-3-11)18-14-9-13(17)6-7-15(14)19(20)21/h2-7,9-10,18H,8H2,1H3. The lowest BCUT2D eigenvalue weighted by atomic mass is 10.1. The van der Waals surface area contributed by atoms with Crippen molar-refractivity contribution in [3.63, 3.8) is 0 Å². The highest BCUT2D eigenvalue weighted by molar-refractivity contribution is 9.10. The fraction of sp³-hybridized carbons (Fsp3) is 0.200. The highest BCUT2D eigenvalue weighted by Gasteiger charge is 2.15. The van der Waals surface area contributed by atoms with E-state index in [4.69, 9.17) is 11.6 Å². The number of nitrogens with zero attached hydrogens (tertiary/aromatic N) is 1. The fourth-order valence-corrected chi connectivity index (χ4v) is 2.51. The van der Waals surface area contributed by atoms with E-state index in [1.165, 1.54) is 12.1 Å². The van der Waals surface area contributed by atoms with Crippen LogP contribution in [0.4, 0.5) is 11.4 Å². The van der Waals surface area contributed by atoms with Gasteiger partial charge in [0, 0.05) is 21.6 Å². The minimum Gasteiger partial charge on any atom is -0.377 e.